The summed E-state index contributed by atoms with van der Waals surface area (Å²) in [6.07, 6.45) is 2.61. The van der Waals surface area contributed by atoms with Gasteiger partial charge in [-0.05, 0) is 17.8 Å². The maximum Gasteiger partial charge on any atom is 0.129 e. The zero-order valence-electron chi connectivity index (χ0n) is 11.1. The van der Waals surface area contributed by atoms with Gasteiger partial charge in [0.2, 0.25) is 0 Å². The lowest BCUT2D eigenvalue weighted by Gasteiger charge is -2.24. The monoisotopic (exact) mass is 255 g/mol. The van der Waals surface area contributed by atoms with Crippen molar-refractivity contribution in [3.8, 4) is 0 Å². The fourth-order valence-electron chi connectivity index (χ4n) is 1.46. The highest BCUT2D eigenvalue weighted by Crippen LogP contribution is 2.22. The van der Waals surface area contributed by atoms with Gasteiger partial charge in [0.25, 0.3) is 0 Å². The lowest BCUT2D eigenvalue weighted by molar-refractivity contribution is 0.379. The molecule has 96 valence electrons. The zero-order valence-corrected chi connectivity index (χ0v) is 11.9. The van der Waals surface area contributed by atoms with Crippen LogP contribution in [-0.2, 0) is 0 Å². The van der Waals surface area contributed by atoms with Crippen molar-refractivity contribution in [2.24, 2.45) is 5.41 Å². The fraction of sp³-hybridized carbons (Fsp3) is 0.692. The Morgan fingerprint density at radius 3 is 2.65 bits per heavy atom. The van der Waals surface area contributed by atoms with Crippen LogP contribution in [0.15, 0.2) is 12.4 Å². The van der Waals surface area contributed by atoms with Crippen molar-refractivity contribution in [2.75, 3.05) is 17.7 Å². The molecule has 17 heavy (non-hydrogen) atoms. The molecule has 0 fully saturated rings. The topological polar surface area (TPSA) is 37.8 Å². The molecule has 1 heterocycles. The van der Waals surface area contributed by atoms with Crippen LogP contribution in [0.1, 0.15) is 45.7 Å². The van der Waals surface area contributed by atoms with Gasteiger partial charge in [-0.15, -0.1) is 11.6 Å². The van der Waals surface area contributed by atoms with Crippen molar-refractivity contribution in [3.05, 3.63) is 18.1 Å². The molecule has 0 amide bonds. The van der Waals surface area contributed by atoms with Crippen LogP contribution in [0.4, 0.5) is 5.82 Å². The van der Waals surface area contributed by atoms with E-state index >= 15 is 0 Å². The van der Waals surface area contributed by atoms with Gasteiger partial charge in [-0.3, -0.25) is 0 Å². The van der Waals surface area contributed by atoms with Crippen LogP contribution in [0.2, 0.25) is 0 Å². The number of hydrogen-bond donors (Lipinski definition) is 1. The highest BCUT2D eigenvalue weighted by atomic mass is 35.5. The van der Waals surface area contributed by atoms with Crippen molar-refractivity contribution in [1.82, 2.24) is 9.97 Å². The van der Waals surface area contributed by atoms with Gasteiger partial charge in [0.1, 0.15) is 12.1 Å². The Hall–Kier alpha value is -0.830. The van der Waals surface area contributed by atoms with Gasteiger partial charge in [-0.2, -0.15) is 0 Å². The van der Waals surface area contributed by atoms with Crippen LogP contribution in [0.3, 0.4) is 0 Å². The summed E-state index contributed by atoms with van der Waals surface area (Å²) in [7, 11) is 0. The molecule has 1 aromatic rings. The van der Waals surface area contributed by atoms with E-state index in [-0.39, 0.29) is 5.41 Å². The molecule has 1 aromatic heterocycles. The predicted molar refractivity (Wildman–Crippen MR) is 73.7 cm³/mol. The average Bonchev–Trinajstić information content (AvgIpc) is 2.27. The van der Waals surface area contributed by atoms with Crippen molar-refractivity contribution >= 4 is 17.4 Å². The van der Waals surface area contributed by atoms with Crippen molar-refractivity contribution in [1.29, 1.82) is 0 Å². The molecule has 0 spiro atoms. The first-order valence-corrected chi connectivity index (χ1v) is 6.60. The van der Waals surface area contributed by atoms with E-state index in [1.807, 2.05) is 6.07 Å². The highest BCUT2D eigenvalue weighted by molar-refractivity contribution is 6.17. The first-order valence-electron chi connectivity index (χ1n) is 6.06. The number of rotatable bonds is 6. The van der Waals surface area contributed by atoms with E-state index in [2.05, 4.69) is 43.0 Å². The molecule has 3 nitrogen and oxygen atoms in total. The van der Waals surface area contributed by atoms with Gasteiger partial charge in [-0.1, -0.05) is 27.7 Å². The SMILES string of the molecule is CC(C)c1cc(NCC(C)(C)CCCl)ncn1. The molecule has 0 aliphatic rings. The molecule has 0 radical (unpaired) electrons. The van der Waals surface area contributed by atoms with Crippen LogP contribution < -0.4 is 5.32 Å². The lowest BCUT2D eigenvalue weighted by atomic mass is 9.90. The second kappa shape index (κ2) is 6.20. The van der Waals surface area contributed by atoms with E-state index in [0.717, 1.165) is 24.5 Å². The number of nitrogens with zero attached hydrogens (tertiary/aromatic N) is 2. The van der Waals surface area contributed by atoms with Gasteiger partial charge in [0, 0.05) is 24.2 Å². The Bertz CT molecular complexity index is 350. The van der Waals surface area contributed by atoms with Crippen molar-refractivity contribution < 1.29 is 0 Å². The van der Waals surface area contributed by atoms with Gasteiger partial charge in [0.05, 0.1) is 0 Å². The number of alkyl halides is 1. The minimum absolute atomic E-state index is 0.185. The Kier molecular flexibility index (Phi) is 5.19. The lowest BCUT2D eigenvalue weighted by Crippen LogP contribution is -2.24. The van der Waals surface area contributed by atoms with E-state index in [1.165, 1.54) is 0 Å². The third-order valence-corrected chi connectivity index (χ3v) is 2.99. The second-order valence-corrected chi connectivity index (χ2v) is 5.82. The molecule has 0 aliphatic heterocycles. The fourth-order valence-corrected chi connectivity index (χ4v) is 1.97. The highest BCUT2D eigenvalue weighted by Gasteiger charge is 2.17. The molecule has 0 aromatic carbocycles. The number of aromatic nitrogens is 2. The third kappa shape index (κ3) is 4.90. The minimum atomic E-state index is 0.185. The zero-order chi connectivity index (χ0) is 12.9. The van der Waals surface area contributed by atoms with Gasteiger partial charge >= 0.3 is 0 Å². The van der Waals surface area contributed by atoms with Crippen molar-refractivity contribution in [3.63, 3.8) is 0 Å². The largest absolute Gasteiger partial charge is 0.369 e. The first kappa shape index (κ1) is 14.2. The smallest absolute Gasteiger partial charge is 0.129 e. The maximum atomic E-state index is 5.78. The summed E-state index contributed by atoms with van der Waals surface area (Å²) < 4.78 is 0. The normalized spacial score (nSPS) is 11.9. The molecule has 1 N–H and O–H groups in total. The number of hydrogen-bond acceptors (Lipinski definition) is 3. The van der Waals surface area contributed by atoms with Crippen LogP contribution in [0.25, 0.3) is 0 Å². The summed E-state index contributed by atoms with van der Waals surface area (Å²) >= 11 is 5.78. The quantitative estimate of drug-likeness (QED) is 0.789. The number of nitrogens with one attached hydrogen (secondary N) is 1. The molecule has 0 bridgehead atoms. The molecule has 0 aliphatic carbocycles. The molecular formula is C13H22ClN3. The minimum Gasteiger partial charge on any atom is -0.369 e. The Morgan fingerprint density at radius 2 is 2.06 bits per heavy atom. The Morgan fingerprint density at radius 1 is 1.35 bits per heavy atom. The molecule has 0 atom stereocenters. The number of anilines is 1. The molecule has 1 rings (SSSR count). The van der Waals surface area contributed by atoms with Crippen LogP contribution in [-0.4, -0.2) is 22.4 Å². The first-order chi connectivity index (χ1) is 7.94. The van der Waals surface area contributed by atoms with E-state index < -0.39 is 0 Å². The molecule has 0 saturated heterocycles. The Labute approximate surface area is 109 Å². The molecule has 4 heteroatoms. The summed E-state index contributed by atoms with van der Waals surface area (Å²) in [5, 5.41) is 3.36. The number of halogens is 1. The van der Waals surface area contributed by atoms with E-state index in [0.29, 0.717) is 11.8 Å². The van der Waals surface area contributed by atoms with Gasteiger partial charge < -0.3 is 5.32 Å². The molecular weight excluding hydrogens is 234 g/mol. The second-order valence-electron chi connectivity index (χ2n) is 5.44. The Balaban J connectivity index is 2.60. The van der Waals surface area contributed by atoms with Crippen LogP contribution in [0.5, 0.6) is 0 Å². The predicted octanol–water partition coefficient (Wildman–Crippen LogP) is 3.67. The molecule has 0 unspecified atom stereocenters. The summed E-state index contributed by atoms with van der Waals surface area (Å²) in [4.78, 5) is 8.48. The van der Waals surface area contributed by atoms with E-state index in [9.17, 15) is 0 Å². The van der Waals surface area contributed by atoms with Gasteiger partial charge in [-0.25, -0.2) is 9.97 Å². The summed E-state index contributed by atoms with van der Waals surface area (Å²) in [5.41, 5.74) is 1.25. The van der Waals surface area contributed by atoms with Crippen LogP contribution >= 0.6 is 11.6 Å². The third-order valence-electron chi connectivity index (χ3n) is 2.80. The standard InChI is InChI=1S/C13H22ClN3/c1-10(2)11-7-12(17-9-16-11)15-8-13(3,4)5-6-14/h7,9-10H,5-6,8H2,1-4H3,(H,15,16,17). The summed E-state index contributed by atoms with van der Waals surface area (Å²) in [6, 6.07) is 2.02. The maximum absolute atomic E-state index is 5.78. The molecule has 0 saturated carbocycles. The summed E-state index contributed by atoms with van der Waals surface area (Å²) in [5.74, 6) is 2.01. The van der Waals surface area contributed by atoms with E-state index in [4.69, 9.17) is 11.6 Å². The van der Waals surface area contributed by atoms with E-state index in [1.54, 1.807) is 6.33 Å². The average molecular weight is 256 g/mol. The van der Waals surface area contributed by atoms with Gasteiger partial charge in [0.15, 0.2) is 0 Å². The summed E-state index contributed by atoms with van der Waals surface area (Å²) in [6.45, 7) is 9.53. The van der Waals surface area contributed by atoms with Crippen LogP contribution in [0, 0.1) is 5.41 Å². The van der Waals surface area contributed by atoms with Crippen molar-refractivity contribution in [2.45, 2.75) is 40.0 Å².